The zero-order valence-electron chi connectivity index (χ0n) is 39.5. The maximum Gasteiger partial charge on any atom is 0.407 e. The first kappa shape index (κ1) is 51.1. The van der Waals surface area contributed by atoms with E-state index in [0.717, 1.165) is 22.0 Å². The van der Waals surface area contributed by atoms with Gasteiger partial charge in [-0.1, -0.05) is 108 Å². The van der Waals surface area contributed by atoms with Gasteiger partial charge in [-0.05, 0) is 66.0 Å². The minimum atomic E-state index is -1.37. The number of allylic oxidation sites excluding steroid dienone is 1. The molecule has 2 aliphatic heterocycles. The third-order valence-corrected chi connectivity index (χ3v) is 13.6. The Morgan fingerprint density at radius 2 is 1.51 bits per heavy atom. The van der Waals surface area contributed by atoms with Crippen molar-refractivity contribution in [3.63, 3.8) is 0 Å². The van der Waals surface area contributed by atoms with E-state index < -0.39 is 65.3 Å². The number of nitrogens with one attached hydrogen (secondary N) is 2. The van der Waals surface area contributed by atoms with Gasteiger partial charge >= 0.3 is 18.0 Å². The molecule has 4 N–H and O–H groups in total. The number of benzene rings is 3. The summed E-state index contributed by atoms with van der Waals surface area (Å²) in [6.45, 7) is 10.1. The number of fused-ring (bicyclic) bond motifs is 1. The Morgan fingerprint density at radius 1 is 0.886 bits per heavy atom. The average molecular weight is 1010 g/mol. The lowest BCUT2D eigenvalue weighted by Gasteiger charge is -2.50. The molecule has 17 nitrogen and oxygen atoms in total. The van der Waals surface area contributed by atoms with Gasteiger partial charge in [-0.3, -0.25) is 24.3 Å². The maximum atomic E-state index is 14.6. The third-order valence-electron chi connectivity index (χ3n) is 10.8. The lowest BCUT2D eigenvalue weighted by atomic mass is 9.80. The number of nitrogen functional groups attached to an aromatic ring is 1. The Kier molecular flexibility index (Phi) is 16.3. The fourth-order valence-corrected chi connectivity index (χ4v) is 10.0. The highest BCUT2D eigenvalue weighted by atomic mass is 32.2. The summed E-state index contributed by atoms with van der Waals surface area (Å²) in [4.78, 5) is 85.7. The van der Waals surface area contributed by atoms with Crippen molar-refractivity contribution >= 4 is 75.7 Å². The van der Waals surface area contributed by atoms with E-state index >= 15 is 0 Å². The number of nitrogens with two attached hydrogens (primary N) is 1. The number of ether oxygens (including phenoxy) is 3. The van der Waals surface area contributed by atoms with Crippen LogP contribution in [-0.4, -0.2) is 91.6 Å². The number of thioether (sulfide) groups is 2. The molecule has 3 aromatic carbocycles. The molecule has 2 aliphatic rings. The first-order chi connectivity index (χ1) is 33.5. The average Bonchev–Trinajstić information content (AvgIpc) is 3.77. The molecule has 1 fully saturated rings. The second-order valence-electron chi connectivity index (χ2n) is 18.1. The van der Waals surface area contributed by atoms with E-state index in [1.54, 1.807) is 65.7 Å². The summed E-state index contributed by atoms with van der Waals surface area (Å²) in [6, 6.07) is 28.4. The number of aromatic nitrogens is 3. The number of carbonyl (C=O) groups excluding carboxylic acids is 5. The Hall–Kier alpha value is -6.77. The van der Waals surface area contributed by atoms with Gasteiger partial charge in [0.15, 0.2) is 5.13 Å². The summed E-state index contributed by atoms with van der Waals surface area (Å²) in [6.07, 6.45) is 3.53. The summed E-state index contributed by atoms with van der Waals surface area (Å²) in [5.74, 6) is -1.88. The zero-order chi connectivity index (χ0) is 50.1. The van der Waals surface area contributed by atoms with E-state index in [0.29, 0.717) is 52.5 Å². The molecule has 20 heteroatoms. The van der Waals surface area contributed by atoms with Crippen LogP contribution in [0.3, 0.4) is 0 Å². The molecular formula is C50H54N8O9S3. The van der Waals surface area contributed by atoms with Crippen molar-refractivity contribution in [2.24, 2.45) is 10.6 Å². The minimum Gasteiger partial charge on any atom is -0.444 e. The molecule has 0 aliphatic carbocycles. The van der Waals surface area contributed by atoms with Crippen molar-refractivity contribution in [2.75, 3.05) is 24.8 Å². The third kappa shape index (κ3) is 12.1. The fraction of sp³-hybridized carbons (Fsp3) is 0.340. The summed E-state index contributed by atoms with van der Waals surface area (Å²) in [5.41, 5.74) is 5.82. The van der Waals surface area contributed by atoms with Gasteiger partial charge < -0.3 is 35.4 Å². The van der Waals surface area contributed by atoms with Gasteiger partial charge in [0.05, 0.1) is 11.5 Å². The summed E-state index contributed by atoms with van der Waals surface area (Å²) >= 11 is 3.73. The van der Waals surface area contributed by atoms with Crippen LogP contribution >= 0.6 is 35.1 Å². The van der Waals surface area contributed by atoms with Crippen LogP contribution in [0, 0.1) is 5.41 Å². The SMILES string of the molecule is CC(C)(C)OC(=O)NCCSCc1cnccc1SC1=C(C(=O)OCOC(=O)C(C)(C)C)N2C(=O)C(NC(=O)C(=NOC(c3ccccc3)(c3ccccc3)c3ccccc3)c3nsc(N)n3)C2CC1. The molecule has 0 bridgehead atoms. The van der Waals surface area contributed by atoms with Crippen LogP contribution in [0.5, 0.6) is 0 Å². The predicted molar refractivity (Wildman–Crippen MR) is 267 cm³/mol. The second-order valence-corrected chi connectivity index (χ2v) is 21.1. The number of hydrogen-bond acceptors (Lipinski definition) is 17. The molecule has 2 unspecified atom stereocenters. The van der Waals surface area contributed by atoms with Crippen molar-refractivity contribution in [3.8, 4) is 0 Å². The summed E-state index contributed by atoms with van der Waals surface area (Å²) in [5, 5.41) is 10.2. The molecule has 5 aromatic rings. The van der Waals surface area contributed by atoms with Crippen LogP contribution in [0.15, 0.2) is 130 Å². The standard InChI is InChI=1S/C50H54N8O9S3/c1-48(2,3)45(62)65-30-64-44(61)40-37(69-36-24-25-52-28-31(36)29-68-27-26-53-47(63)66-49(4,5)6)23-22-35-38(43(60)58(35)40)54-42(59)39(41-55-46(51)70-57-41)56-67-50(32-16-10-7-11-17-32,33-18-12-8-13-19-33)34-20-14-9-15-21-34/h7-21,24-25,28,35,38H,22-23,26-27,29-30H2,1-6H3,(H,53,63)(H,54,59)(H2,51,55,57). The smallest absolute Gasteiger partial charge is 0.407 e. The Bertz CT molecular complexity index is 2650. The molecule has 0 spiro atoms. The van der Waals surface area contributed by atoms with E-state index in [-0.39, 0.29) is 22.4 Å². The molecule has 0 radical (unpaired) electrons. The molecule has 366 valence electrons. The largest absolute Gasteiger partial charge is 0.444 e. The van der Waals surface area contributed by atoms with Crippen molar-refractivity contribution in [3.05, 3.63) is 148 Å². The number of alkyl carbamates (subject to hydrolysis) is 1. The van der Waals surface area contributed by atoms with Gasteiger partial charge in [0, 0.05) is 68.5 Å². The van der Waals surface area contributed by atoms with E-state index in [1.165, 1.54) is 16.7 Å². The van der Waals surface area contributed by atoms with Crippen molar-refractivity contribution in [1.82, 2.24) is 29.9 Å². The Balaban J connectivity index is 1.15. The molecule has 4 heterocycles. The van der Waals surface area contributed by atoms with Crippen LogP contribution < -0.4 is 16.4 Å². The van der Waals surface area contributed by atoms with E-state index in [9.17, 15) is 24.0 Å². The van der Waals surface area contributed by atoms with Crippen LogP contribution in [0.1, 0.15) is 82.5 Å². The predicted octanol–water partition coefficient (Wildman–Crippen LogP) is 7.57. The van der Waals surface area contributed by atoms with E-state index in [2.05, 4.69) is 30.1 Å². The van der Waals surface area contributed by atoms with Crippen LogP contribution in [-0.2, 0) is 49.6 Å². The highest BCUT2D eigenvalue weighted by Crippen LogP contribution is 2.45. The maximum absolute atomic E-state index is 14.6. The number of rotatable bonds is 18. The number of pyridine rings is 1. The monoisotopic (exact) mass is 1010 g/mol. The number of amides is 3. The number of esters is 2. The summed E-state index contributed by atoms with van der Waals surface area (Å²) in [7, 11) is 0. The Morgan fingerprint density at radius 3 is 2.09 bits per heavy atom. The normalized spacial score (nSPS) is 16.1. The molecule has 0 saturated carbocycles. The van der Waals surface area contributed by atoms with Crippen LogP contribution in [0.25, 0.3) is 0 Å². The van der Waals surface area contributed by atoms with E-state index in [4.69, 9.17) is 24.8 Å². The molecule has 1 saturated heterocycles. The fourth-order valence-electron chi connectivity index (χ4n) is 7.53. The number of oxime groups is 1. The van der Waals surface area contributed by atoms with Gasteiger partial charge in [-0.25, -0.2) is 9.59 Å². The molecule has 3 amide bonds. The first-order valence-corrected chi connectivity index (χ1v) is 25.1. The van der Waals surface area contributed by atoms with Gasteiger partial charge in [-0.2, -0.15) is 21.1 Å². The lowest BCUT2D eigenvalue weighted by molar-refractivity contribution is -0.174. The number of nitrogens with zero attached hydrogens (tertiary/aromatic N) is 5. The van der Waals surface area contributed by atoms with Crippen LogP contribution in [0.2, 0.25) is 0 Å². The first-order valence-electron chi connectivity index (χ1n) is 22.4. The number of hydrogen-bond donors (Lipinski definition) is 3. The Labute approximate surface area is 418 Å². The van der Waals surface area contributed by atoms with Gasteiger partial charge in [0.2, 0.25) is 23.9 Å². The van der Waals surface area contributed by atoms with Gasteiger partial charge in [0.1, 0.15) is 17.3 Å². The molecule has 2 atom stereocenters. The van der Waals surface area contributed by atoms with Gasteiger partial charge in [0.25, 0.3) is 11.8 Å². The highest BCUT2D eigenvalue weighted by molar-refractivity contribution is 8.03. The minimum absolute atomic E-state index is 0.0370. The van der Waals surface area contributed by atoms with Gasteiger partial charge in [-0.15, -0.1) is 0 Å². The number of carbonyl (C=O) groups is 5. The second kappa shape index (κ2) is 22.3. The molecule has 70 heavy (non-hydrogen) atoms. The number of β-lactam (4-membered cyclic amide) rings is 1. The van der Waals surface area contributed by atoms with Crippen molar-refractivity contribution in [2.45, 2.75) is 88.3 Å². The van der Waals surface area contributed by atoms with E-state index in [1.807, 2.05) is 97.1 Å². The highest BCUT2D eigenvalue weighted by Gasteiger charge is 2.54. The zero-order valence-corrected chi connectivity index (χ0v) is 42.0. The lowest BCUT2D eigenvalue weighted by Crippen LogP contribution is -2.72. The summed E-state index contributed by atoms with van der Waals surface area (Å²) < 4.78 is 20.4. The van der Waals surface area contributed by atoms with Crippen molar-refractivity contribution < 1.29 is 43.0 Å². The topological polar surface area (TPSA) is 227 Å². The molecule has 2 aromatic heterocycles. The van der Waals surface area contributed by atoms with Crippen LogP contribution in [0.4, 0.5) is 9.93 Å². The van der Waals surface area contributed by atoms with Crippen molar-refractivity contribution in [1.29, 1.82) is 0 Å². The molecule has 7 rings (SSSR count). The quantitative estimate of drug-likeness (QED) is 0.0146. The number of anilines is 1. The molecular weight excluding hydrogens is 953 g/mol.